The van der Waals surface area contributed by atoms with Crippen LogP contribution in [0.2, 0.25) is 0 Å². The molecule has 106 valence electrons. The number of para-hydroxylation sites is 2. The molecule has 0 aliphatic rings. The Bertz CT molecular complexity index is 718. The van der Waals surface area contributed by atoms with Crippen LogP contribution in [0.25, 0.3) is 11.0 Å². The van der Waals surface area contributed by atoms with Crippen LogP contribution >= 0.6 is 12.2 Å². The Morgan fingerprint density at radius 3 is 2.57 bits per heavy atom. The summed E-state index contributed by atoms with van der Waals surface area (Å²) < 4.78 is 0. The summed E-state index contributed by atoms with van der Waals surface area (Å²) in [4.78, 5) is 7.94. The number of nitrogens with zero attached hydrogens (tertiary/aromatic N) is 1. The molecule has 0 radical (unpaired) electrons. The molecule has 4 N–H and O–H groups in total. The molecule has 1 heterocycles. The van der Waals surface area contributed by atoms with Gasteiger partial charge in [-0.2, -0.15) is 0 Å². The third-order valence-corrected chi connectivity index (χ3v) is 3.47. The maximum absolute atomic E-state index is 5.65. The van der Waals surface area contributed by atoms with E-state index in [2.05, 4.69) is 27.4 Å². The van der Waals surface area contributed by atoms with E-state index in [1.54, 1.807) is 0 Å². The van der Waals surface area contributed by atoms with Gasteiger partial charge in [0, 0.05) is 6.42 Å². The van der Waals surface area contributed by atoms with Crippen molar-refractivity contribution in [2.75, 3.05) is 0 Å². The molecule has 1 unspecified atom stereocenters. The molecule has 0 amide bonds. The summed E-state index contributed by atoms with van der Waals surface area (Å²) in [6, 6.07) is 18.1. The van der Waals surface area contributed by atoms with Crippen LogP contribution in [0.5, 0.6) is 0 Å². The molecule has 0 spiro atoms. The van der Waals surface area contributed by atoms with E-state index in [0.717, 1.165) is 22.4 Å². The van der Waals surface area contributed by atoms with E-state index in [0.29, 0.717) is 11.5 Å². The number of nitrogens with two attached hydrogens (primary N) is 1. The highest BCUT2D eigenvalue weighted by atomic mass is 32.1. The Balaban J connectivity index is 1.88. The first kappa shape index (κ1) is 13.6. The van der Waals surface area contributed by atoms with Gasteiger partial charge in [0.2, 0.25) is 0 Å². The Morgan fingerprint density at radius 2 is 1.86 bits per heavy atom. The van der Waals surface area contributed by atoms with Gasteiger partial charge in [-0.15, -0.1) is 0 Å². The maximum Gasteiger partial charge on any atom is 0.164 e. The first-order chi connectivity index (χ1) is 10.2. The van der Waals surface area contributed by atoms with Gasteiger partial charge in [-0.3, -0.25) is 0 Å². The zero-order chi connectivity index (χ0) is 14.7. The summed E-state index contributed by atoms with van der Waals surface area (Å²) in [6.07, 6.45) is 0.691. The summed E-state index contributed by atoms with van der Waals surface area (Å²) in [5, 5.41) is 3.43. The van der Waals surface area contributed by atoms with Crippen molar-refractivity contribution in [2.24, 2.45) is 5.73 Å². The SMILES string of the molecule is NC(=S)NC(Cc1nc2ccccc2[nH]1)c1ccccc1. The smallest absolute Gasteiger partial charge is 0.164 e. The van der Waals surface area contributed by atoms with Crippen LogP contribution in [0.3, 0.4) is 0 Å². The molecule has 5 heteroatoms. The first-order valence-electron chi connectivity index (χ1n) is 6.77. The summed E-state index contributed by atoms with van der Waals surface area (Å²) in [6.45, 7) is 0. The number of hydrogen-bond donors (Lipinski definition) is 3. The van der Waals surface area contributed by atoms with Crippen LogP contribution in [0.4, 0.5) is 0 Å². The van der Waals surface area contributed by atoms with Gasteiger partial charge in [-0.1, -0.05) is 42.5 Å². The van der Waals surface area contributed by atoms with Crippen molar-refractivity contribution in [3.8, 4) is 0 Å². The van der Waals surface area contributed by atoms with Gasteiger partial charge < -0.3 is 16.0 Å². The highest BCUT2D eigenvalue weighted by Crippen LogP contribution is 2.19. The van der Waals surface area contributed by atoms with Gasteiger partial charge in [-0.25, -0.2) is 4.98 Å². The predicted molar refractivity (Wildman–Crippen MR) is 88.9 cm³/mol. The van der Waals surface area contributed by atoms with Gasteiger partial charge in [0.25, 0.3) is 0 Å². The average molecular weight is 296 g/mol. The normalized spacial score (nSPS) is 12.2. The molecule has 0 saturated heterocycles. The van der Waals surface area contributed by atoms with E-state index in [1.807, 2.05) is 42.5 Å². The van der Waals surface area contributed by atoms with E-state index in [9.17, 15) is 0 Å². The number of aromatic amines is 1. The molecule has 3 aromatic rings. The average Bonchev–Trinajstić information content (AvgIpc) is 2.89. The maximum atomic E-state index is 5.65. The predicted octanol–water partition coefficient (Wildman–Crippen LogP) is 2.68. The number of H-pyrrole nitrogens is 1. The molecule has 0 fully saturated rings. The van der Waals surface area contributed by atoms with Gasteiger partial charge in [0.1, 0.15) is 5.82 Å². The van der Waals surface area contributed by atoms with E-state index in [4.69, 9.17) is 18.0 Å². The molecular weight excluding hydrogens is 280 g/mol. The van der Waals surface area contributed by atoms with E-state index < -0.39 is 0 Å². The van der Waals surface area contributed by atoms with Crippen LogP contribution < -0.4 is 11.1 Å². The van der Waals surface area contributed by atoms with E-state index >= 15 is 0 Å². The summed E-state index contributed by atoms with van der Waals surface area (Å²) in [7, 11) is 0. The second kappa shape index (κ2) is 5.93. The molecule has 1 atom stereocenters. The number of rotatable bonds is 4. The molecule has 0 aliphatic carbocycles. The van der Waals surface area contributed by atoms with Gasteiger partial charge in [0.15, 0.2) is 5.11 Å². The Hall–Kier alpha value is -2.40. The Morgan fingerprint density at radius 1 is 1.14 bits per heavy atom. The van der Waals surface area contributed by atoms with Crippen molar-refractivity contribution in [2.45, 2.75) is 12.5 Å². The minimum Gasteiger partial charge on any atom is -0.376 e. The number of thiocarbonyl (C=S) groups is 1. The zero-order valence-electron chi connectivity index (χ0n) is 11.4. The summed E-state index contributed by atoms with van der Waals surface area (Å²) in [5.41, 5.74) is 8.78. The summed E-state index contributed by atoms with van der Waals surface area (Å²) >= 11 is 4.99. The molecule has 0 aliphatic heterocycles. The number of hydrogen-bond acceptors (Lipinski definition) is 2. The molecule has 3 rings (SSSR count). The number of imidazole rings is 1. The lowest BCUT2D eigenvalue weighted by Gasteiger charge is -2.18. The third kappa shape index (κ3) is 3.20. The van der Waals surface area contributed by atoms with Crippen LogP contribution in [0.1, 0.15) is 17.4 Å². The van der Waals surface area contributed by atoms with Gasteiger partial charge in [0.05, 0.1) is 17.1 Å². The standard InChI is InChI=1S/C16H16N4S/c17-16(21)20-14(11-6-2-1-3-7-11)10-15-18-12-8-4-5-9-13(12)19-15/h1-9,14H,10H2,(H,18,19)(H3,17,20,21). The summed E-state index contributed by atoms with van der Waals surface area (Å²) in [5.74, 6) is 0.911. The molecule has 0 saturated carbocycles. The quantitative estimate of drug-likeness (QED) is 0.648. The molecular formula is C16H16N4S. The minimum absolute atomic E-state index is 0.00395. The van der Waals surface area contributed by atoms with E-state index in [1.165, 1.54) is 0 Å². The fraction of sp³-hybridized carbons (Fsp3) is 0.125. The zero-order valence-corrected chi connectivity index (χ0v) is 12.2. The number of nitrogens with one attached hydrogen (secondary N) is 2. The lowest BCUT2D eigenvalue weighted by molar-refractivity contribution is 0.628. The molecule has 1 aromatic heterocycles. The molecule has 4 nitrogen and oxygen atoms in total. The fourth-order valence-electron chi connectivity index (χ4n) is 2.40. The molecule has 0 bridgehead atoms. The highest BCUT2D eigenvalue weighted by molar-refractivity contribution is 7.80. The van der Waals surface area contributed by atoms with Crippen molar-refractivity contribution in [1.82, 2.24) is 15.3 Å². The van der Waals surface area contributed by atoms with Crippen molar-refractivity contribution in [3.05, 3.63) is 66.0 Å². The lowest BCUT2D eigenvalue weighted by Crippen LogP contribution is -2.34. The molecule has 2 aromatic carbocycles. The first-order valence-corrected chi connectivity index (χ1v) is 7.18. The second-order valence-corrected chi connectivity index (χ2v) is 5.32. The minimum atomic E-state index is 0.00395. The topological polar surface area (TPSA) is 66.7 Å². The van der Waals surface area contributed by atoms with E-state index in [-0.39, 0.29) is 6.04 Å². The number of aromatic nitrogens is 2. The second-order valence-electron chi connectivity index (χ2n) is 4.88. The number of fused-ring (bicyclic) bond motifs is 1. The Labute approximate surface area is 128 Å². The van der Waals surface area contributed by atoms with Crippen molar-refractivity contribution < 1.29 is 0 Å². The monoisotopic (exact) mass is 296 g/mol. The third-order valence-electron chi connectivity index (χ3n) is 3.35. The van der Waals surface area contributed by atoms with Crippen LogP contribution in [-0.4, -0.2) is 15.1 Å². The van der Waals surface area contributed by atoms with Crippen LogP contribution in [0, 0.1) is 0 Å². The van der Waals surface area contributed by atoms with Gasteiger partial charge in [-0.05, 0) is 29.9 Å². The van der Waals surface area contributed by atoms with Crippen molar-refractivity contribution in [3.63, 3.8) is 0 Å². The Kier molecular flexibility index (Phi) is 3.83. The largest absolute Gasteiger partial charge is 0.376 e. The van der Waals surface area contributed by atoms with Crippen LogP contribution in [-0.2, 0) is 6.42 Å². The lowest BCUT2D eigenvalue weighted by atomic mass is 10.0. The van der Waals surface area contributed by atoms with Crippen molar-refractivity contribution in [1.29, 1.82) is 0 Å². The van der Waals surface area contributed by atoms with Gasteiger partial charge >= 0.3 is 0 Å². The highest BCUT2D eigenvalue weighted by Gasteiger charge is 2.14. The number of benzene rings is 2. The fourth-order valence-corrected chi connectivity index (χ4v) is 2.55. The molecule has 21 heavy (non-hydrogen) atoms. The van der Waals surface area contributed by atoms with Crippen LogP contribution in [0.15, 0.2) is 54.6 Å². The van der Waals surface area contributed by atoms with Crippen molar-refractivity contribution >= 4 is 28.4 Å².